The summed E-state index contributed by atoms with van der Waals surface area (Å²) in [6.07, 6.45) is 1.84. The molecular formula is C27H34N4O5. The third-order valence-corrected chi connectivity index (χ3v) is 5.01. The molecule has 2 aromatic heterocycles. The summed E-state index contributed by atoms with van der Waals surface area (Å²) in [5, 5.41) is 2.73. The van der Waals surface area contributed by atoms with Gasteiger partial charge in [-0.3, -0.25) is 9.59 Å². The van der Waals surface area contributed by atoms with Gasteiger partial charge in [0.25, 0.3) is 5.91 Å². The second-order valence-electron chi connectivity index (χ2n) is 10.4. The van der Waals surface area contributed by atoms with Crippen molar-refractivity contribution in [1.29, 1.82) is 0 Å². The molecular weight excluding hydrogens is 460 g/mol. The van der Waals surface area contributed by atoms with Crippen LogP contribution < -0.4 is 11.1 Å². The van der Waals surface area contributed by atoms with Crippen molar-refractivity contribution in [2.75, 3.05) is 6.54 Å². The van der Waals surface area contributed by atoms with Crippen LogP contribution in [0.1, 0.15) is 74.4 Å². The Morgan fingerprint density at radius 3 is 2.17 bits per heavy atom. The van der Waals surface area contributed by atoms with Gasteiger partial charge in [-0.1, -0.05) is 12.1 Å². The van der Waals surface area contributed by atoms with Crippen molar-refractivity contribution in [3.05, 3.63) is 59.4 Å². The van der Waals surface area contributed by atoms with Crippen molar-refractivity contribution in [2.24, 2.45) is 5.73 Å². The third kappa shape index (κ3) is 6.91. The fourth-order valence-electron chi connectivity index (χ4n) is 3.54. The Kier molecular flexibility index (Phi) is 7.83. The fourth-order valence-corrected chi connectivity index (χ4v) is 3.54. The highest BCUT2D eigenvalue weighted by atomic mass is 16.6. The van der Waals surface area contributed by atoms with Gasteiger partial charge in [0.05, 0.1) is 23.4 Å². The Balaban J connectivity index is 1.74. The van der Waals surface area contributed by atoms with E-state index >= 15 is 0 Å². The number of nitrogens with zero attached hydrogens (tertiary/aromatic N) is 2. The lowest BCUT2D eigenvalue weighted by molar-refractivity contribution is -0.154. The molecule has 3 aromatic rings. The number of nitrogens with two attached hydrogens (primary N) is 1. The first-order valence-corrected chi connectivity index (χ1v) is 11.8. The molecule has 9 heteroatoms. The summed E-state index contributed by atoms with van der Waals surface area (Å²) in [5.41, 5.74) is 8.49. The van der Waals surface area contributed by atoms with E-state index in [1.54, 1.807) is 63.4 Å². The SMILES string of the molecule is CC(C)(C)OC(=O)CCNC(=O)c1ccc(-c2nc3cc(C(=O)OC(C)(C)C)ccn3c2CN)cc1. The van der Waals surface area contributed by atoms with Gasteiger partial charge in [-0.2, -0.15) is 0 Å². The molecule has 0 aliphatic heterocycles. The largest absolute Gasteiger partial charge is 0.460 e. The molecule has 0 spiro atoms. The maximum absolute atomic E-state index is 12.5. The number of amides is 1. The Bertz CT molecular complexity index is 1260. The van der Waals surface area contributed by atoms with Crippen molar-refractivity contribution in [3.8, 4) is 11.3 Å². The van der Waals surface area contributed by atoms with Crippen LogP contribution in [0.25, 0.3) is 16.9 Å². The standard InChI is InChI=1S/C27H34N4O5/c1-26(2,3)35-22(32)11-13-29-24(33)18-9-7-17(8-10-18)23-20(16-28)31-14-12-19(15-21(31)30-23)25(34)36-27(4,5)6/h7-10,12,14-15H,11,13,16,28H2,1-6H3,(H,29,33). The van der Waals surface area contributed by atoms with Gasteiger partial charge >= 0.3 is 11.9 Å². The van der Waals surface area contributed by atoms with Crippen LogP contribution in [0.15, 0.2) is 42.6 Å². The van der Waals surface area contributed by atoms with Gasteiger partial charge in [-0.15, -0.1) is 0 Å². The van der Waals surface area contributed by atoms with Crippen LogP contribution in [0.4, 0.5) is 0 Å². The van der Waals surface area contributed by atoms with Crippen molar-refractivity contribution in [1.82, 2.24) is 14.7 Å². The van der Waals surface area contributed by atoms with E-state index in [0.717, 1.165) is 11.3 Å². The van der Waals surface area contributed by atoms with E-state index in [1.807, 2.05) is 25.2 Å². The highest BCUT2D eigenvalue weighted by Crippen LogP contribution is 2.26. The van der Waals surface area contributed by atoms with Crippen LogP contribution in [-0.2, 0) is 20.8 Å². The lowest BCUT2D eigenvalue weighted by atomic mass is 10.1. The van der Waals surface area contributed by atoms with Crippen LogP contribution in [0.3, 0.4) is 0 Å². The summed E-state index contributed by atoms with van der Waals surface area (Å²) < 4.78 is 12.5. The number of hydrogen-bond acceptors (Lipinski definition) is 7. The number of benzene rings is 1. The number of carbonyl (C=O) groups excluding carboxylic acids is 3. The normalized spacial score (nSPS) is 11.9. The first-order chi connectivity index (χ1) is 16.8. The predicted octanol–water partition coefficient (Wildman–Crippen LogP) is 3.88. The van der Waals surface area contributed by atoms with Crippen LogP contribution in [0, 0.1) is 0 Å². The number of nitrogens with one attached hydrogen (secondary N) is 1. The maximum Gasteiger partial charge on any atom is 0.338 e. The predicted molar refractivity (Wildman–Crippen MR) is 136 cm³/mol. The van der Waals surface area contributed by atoms with Crippen molar-refractivity contribution < 1.29 is 23.9 Å². The van der Waals surface area contributed by atoms with Gasteiger partial charge in [0.1, 0.15) is 16.8 Å². The third-order valence-electron chi connectivity index (χ3n) is 5.01. The molecule has 192 valence electrons. The number of hydrogen-bond donors (Lipinski definition) is 2. The number of fused-ring (bicyclic) bond motifs is 1. The molecule has 0 aliphatic carbocycles. The second kappa shape index (κ2) is 10.5. The van der Waals surface area contributed by atoms with E-state index in [-0.39, 0.29) is 31.4 Å². The highest BCUT2D eigenvalue weighted by Gasteiger charge is 2.20. The fraction of sp³-hybridized carbons (Fsp3) is 0.407. The molecule has 1 amide bonds. The summed E-state index contributed by atoms with van der Waals surface area (Å²) in [4.78, 5) is 41.4. The molecule has 0 aliphatic rings. The molecule has 3 rings (SSSR count). The van der Waals surface area contributed by atoms with Crippen molar-refractivity contribution >= 4 is 23.5 Å². The quantitative estimate of drug-likeness (QED) is 0.478. The van der Waals surface area contributed by atoms with Crippen LogP contribution in [-0.4, -0.2) is 45.0 Å². The van der Waals surface area contributed by atoms with Gasteiger partial charge in [0.15, 0.2) is 0 Å². The Morgan fingerprint density at radius 2 is 1.58 bits per heavy atom. The summed E-state index contributed by atoms with van der Waals surface area (Å²) in [5.74, 6) is -1.08. The zero-order chi connectivity index (χ0) is 26.7. The molecule has 9 nitrogen and oxygen atoms in total. The minimum absolute atomic E-state index is 0.0908. The number of pyridine rings is 1. The first kappa shape index (κ1) is 26.9. The lowest BCUT2D eigenvalue weighted by Crippen LogP contribution is -2.29. The van der Waals surface area contributed by atoms with E-state index in [4.69, 9.17) is 15.2 Å². The number of rotatable bonds is 7. The Labute approximate surface area is 211 Å². The molecule has 0 unspecified atom stereocenters. The highest BCUT2D eigenvalue weighted by molar-refractivity contribution is 5.95. The van der Waals surface area contributed by atoms with E-state index in [0.29, 0.717) is 22.5 Å². The lowest BCUT2D eigenvalue weighted by Gasteiger charge is -2.19. The van der Waals surface area contributed by atoms with Gasteiger partial charge < -0.3 is 24.9 Å². The van der Waals surface area contributed by atoms with E-state index in [2.05, 4.69) is 10.3 Å². The molecule has 0 bridgehead atoms. The summed E-state index contributed by atoms with van der Waals surface area (Å²) in [6.45, 7) is 11.2. The zero-order valence-corrected chi connectivity index (χ0v) is 21.7. The number of aromatic nitrogens is 2. The Morgan fingerprint density at radius 1 is 0.944 bits per heavy atom. The van der Waals surface area contributed by atoms with Gasteiger partial charge in [-0.25, -0.2) is 9.78 Å². The second-order valence-corrected chi connectivity index (χ2v) is 10.4. The molecule has 0 atom stereocenters. The molecule has 3 N–H and O–H groups in total. The van der Waals surface area contributed by atoms with E-state index < -0.39 is 17.2 Å². The molecule has 0 fully saturated rings. The monoisotopic (exact) mass is 494 g/mol. The van der Waals surface area contributed by atoms with E-state index in [9.17, 15) is 14.4 Å². The molecule has 0 saturated heterocycles. The number of carbonyl (C=O) groups is 3. The molecule has 36 heavy (non-hydrogen) atoms. The van der Waals surface area contributed by atoms with Crippen LogP contribution in [0.2, 0.25) is 0 Å². The van der Waals surface area contributed by atoms with Crippen molar-refractivity contribution in [2.45, 2.75) is 65.7 Å². The summed E-state index contributed by atoms with van der Waals surface area (Å²) in [7, 11) is 0. The van der Waals surface area contributed by atoms with Crippen LogP contribution >= 0.6 is 0 Å². The zero-order valence-electron chi connectivity index (χ0n) is 21.7. The van der Waals surface area contributed by atoms with Crippen LogP contribution in [0.5, 0.6) is 0 Å². The Hall–Kier alpha value is -3.72. The average Bonchev–Trinajstić information content (AvgIpc) is 3.14. The number of imidazole rings is 1. The summed E-state index contributed by atoms with van der Waals surface area (Å²) in [6, 6.07) is 10.3. The average molecular weight is 495 g/mol. The van der Waals surface area contributed by atoms with Gasteiger partial charge in [0, 0.05) is 30.4 Å². The molecule has 0 radical (unpaired) electrons. The smallest absolute Gasteiger partial charge is 0.338 e. The molecule has 2 heterocycles. The molecule has 0 saturated carbocycles. The first-order valence-electron chi connectivity index (χ1n) is 11.8. The van der Waals surface area contributed by atoms with Gasteiger partial charge in [-0.05, 0) is 65.8 Å². The number of ether oxygens (including phenoxy) is 2. The molecule has 1 aromatic carbocycles. The van der Waals surface area contributed by atoms with Gasteiger partial charge in [0.2, 0.25) is 0 Å². The maximum atomic E-state index is 12.5. The van der Waals surface area contributed by atoms with Crippen molar-refractivity contribution in [3.63, 3.8) is 0 Å². The summed E-state index contributed by atoms with van der Waals surface area (Å²) >= 11 is 0. The topological polar surface area (TPSA) is 125 Å². The number of esters is 2. The van der Waals surface area contributed by atoms with E-state index in [1.165, 1.54) is 0 Å². The minimum Gasteiger partial charge on any atom is -0.460 e. The minimum atomic E-state index is -0.601.